The Morgan fingerprint density at radius 1 is 0.875 bits per heavy atom. The second kappa shape index (κ2) is 10.3. The predicted octanol–water partition coefficient (Wildman–Crippen LogP) is 6.34. The zero-order valence-corrected chi connectivity index (χ0v) is 21.4. The molecule has 0 saturated heterocycles. The first-order valence-electron chi connectivity index (χ1n) is 13.0. The summed E-state index contributed by atoms with van der Waals surface area (Å²) in [6.07, 6.45) is 4.81. The molecular formula is C31H24N2O7. The molecule has 1 aliphatic heterocycles. The molecule has 0 atom stereocenters. The quantitative estimate of drug-likeness (QED) is 0.0890. The van der Waals surface area contributed by atoms with E-state index in [1.165, 1.54) is 56.0 Å². The van der Waals surface area contributed by atoms with Gasteiger partial charge < -0.3 is 9.47 Å². The molecule has 0 radical (unpaired) electrons. The van der Waals surface area contributed by atoms with Crippen molar-refractivity contribution < 1.29 is 28.8 Å². The SMILES string of the molecule is O=C(Oc1cc2c3c(cccc3c1)C(=O)N(c1ccc(OCC3CCCC3)cc1)C2=O)c1ccc([N+](=O)[O-])cc1. The van der Waals surface area contributed by atoms with Crippen LogP contribution in [0, 0.1) is 16.0 Å². The molecule has 2 aliphatic rings. The van der Waals surface area contributed by atoms with Gasteiger partial charge in [-0.05, 0) is 78.7 Å². The Bertz CT molecular complexity index is 1660. The van der Waals surface area contributed by atoms with Crippen LogP contribution in [0.2, 0.25) is 0 Å². The number of non-ortho nitro benzene ring substituents is 1. The van der Waals surface area contributed by atoms with Gasteiger partial charge in [-0.1, -0.05) is 25.0 Å². The molecule has 1 saturated carbocycles. The minimum absolute atomic E-state index is 0.112. The van der Waals surface area contributed by atoms with E-state index >= 15 is 0 Å². The highest BCUT2D eigenvalue weighted by Crippen LogP contribution is 2.36. The average molecular weight is 537 g/mol. The Morgan fingerprint density at radius 3 is 2.27 bits per heavy atom. The third-order valence-electron chi connectivity index (χ3n) is 7.40. The first-order valence-corrected chi connectivity index (χ1v) is 13.0. The smallest absolute Gasteiger partial charge is 0.343 e. The van der Waals surface area contributed by atoms with Gasteiger partial charge in [0.2, 0.25) is 0 Å². The summed E-state index contributed by atoms with van der Waals surface area (Å²) >= 11 is 0. The lowest BCUT2D eigenvalue weighted by atomic mass is 9.93. The Kier molecular flexibility index (Phi) is 6.47. The minimum Gasteiger partial charge on any atom is -0.493 e. The van der Waals surface area contributed by atoms with Crippen LogP contribution in [0.15, 0.2) is 78.9 Å². The molecule has 200 valence electrons. The summed E-state index contributed by atoms with van der Waals surface area (Å²) in [5, 5.41) is 12.0. The van der Waals surface area contributed by atoms with E-state index in [0.717, 1.165) is 4.90 Å². The molecule has 1 aliphatic carbocycles. The maximum atomic E-state index is 13.7. The number of anilines is 1. The molecule has 4 aromatic carbocycles. The van der Waals surface area contributed by atoms with Crippen molar-refractivity contribution in [2.45, 2.75) is 25.7 Å². The predicted molar refractivity (Wildman–Crippen MR) is 147 cm³/mol. The summed E-state index contributed by atoms with van der Waals surface area (Å²) in [7, 11) is 0. The van der Waals surface area contributed by atoms with Crippen molar-refractivity contribution in [1.82, 2.24) is 0 Å². The summed E-state index contributed by atoms with van der Waals surface area (Å²) in [4.78, 5) is 51.3. The molecule has 2 amide bonds. The van der Waals surface area contributed by atoms with E-state index in [-0.39, 0.29) is 22.6 Å². The van der Waals surface area contributed by atoms with Crippen LogP contribution in [0.5, 0.6) is 11.5 Å². The molecule has 1 heterocycles. The third kappa shape index (κ3) is 4.66. The number of imide groups is 1. The van der Waals surface area contributed by atoms with Crippen molar-refractivity contribution in [2.24, 2.45) is 5.92 Å². The van der Waals surface area contributed by atoms with Crippen molar-refractivity contribution >= 4 is 39.9 Å². The Balaban J connectivity index is 1.28. The standard InChI is InChI=1S/C31H24N2O7/c34-29-26-7-3-6-21-16-25(40-31(36)20-8-10-23(11-9-20)33(37)38)17-27(28(21)26)30(35)32(29)22-12-14-24(15-13-22)39-18-19-4-1-2-5-19/h3,6-17,19H,1-2,4-5,18H2. The summed E-state index contributed by atoms with van der Waals surface area (Å²) < 4.78 is 11.5. The number of esters is 1. The topological polar surface area (TPSA) is 116 Å². The van der Waals surface area contributed by atoms with E-state index in [1.807, 2.05) is 0 Å². The maximum absolute atomic E-state index is 13.7. The zero-order valence-electron chi connectivity index (χ0n) is 21.4. The van der Waals surface area contributed by atoms with Gasteiger partial charge in [0.1, 0.15) is 11.5 Å². The average Bonchev–Trinajstić information content (AvgIpc) is 3.49. The Labute approximate surface area is 229 Å². The molecule has 0 N–H and O–H groups in total. The maximum Gasteiger partial charge on any atom is 0.343 e. The number of amides is 2. The molecule has 0 unspecified atom stereocenters. The van der Waals surface area contributed by atoms with Crippen molar-refractivity contribution in [2.75, 3.05) is 11.5 Å². The lowest BCUT2D eigenvalue weighted by Crippen LogP contribution is -2.40. The number of nitro benzene ring substituents is 1. The van der Waals surface area contributed by atoms with E-state index in [4.69, 9.17) is 9.47 Å². The van der Waals surface area contributed by atoms with Crippen molar-refractivity contribution in [3.8, 4) is 11.5 Å². The third-order valence-corrected chi connectivity index (χ3v) is 7.40. The van der Waals surface area contributed by atoms with Crippen LogP contribution >= 0.6 is 0 Å². The molecule has 0 bridgehead atoms. The Morgan fingerprint density at radius 2 is 1.57 bits per heavy atom. The fraction of sp³-hybridized carbons (Fsp3) is 0.194. The van der Waals surface area contributed by atoms with Crippen molar-refractivity contribution in [3.63, 3.8) is 0 Å². The number of hydrogen-bond acceptors (Lipinski definition) is 7. The number of carbonyl (C=O) groups is 3. The molecule has 4 aromatic rings. The molecule has 0 spiro atoms. The lowest BCUT2D eigenvalue weighted by molar-refractivity contribution is -0.384. The van der Waals surface area contributed by atoms with E-state index < -0.39 is 22.7 Å². The number of hydrogen-bond donors (Lipinski definition) is 0. The van der Waals surface area contributed by atoms with Gasteiger partial charge in [-0.3, -0.25) is 19.7 Å². The van der Waals surface area contributed by atoms with E-state index in [1.54, 1.807) is 48.5 Å². The minimum atomic E-state index is -0.734. The van der Waals surface area contributed by atoms with E-state index in [0.29, 0.717) is 40.3 Å². The van der Waals surface area contributed by atoms with Crippen LogP contribution < -0.4 is 14.4 Å². The van der Waals surface area contributed by atoms with Gasteiger partial charge in [0.05, 0.1) is 28.3 Å². The first kappa shape index (κ1) is 25.2. The van der Waals surface area contributed by atoms with E-state index in [2.05, 4.69) is 0 Å². The monoisotopic (exact) mass is 536 g/mol. The van der Waals surface area contributed by atoms with Crippen LogP contribution in [0.25, 0.3) is 10.8 Å². The van der Waals surface area contributed by atoms with Crippen LogP contribution in [0.1, 0.15) is 56.8 Å². The fourth-order valence-electron chi connectivity index (χ4n) is 5.34. The van der Waals surface area contributed by atoms with Gasteiger partial charge in [0.15, 0.2) is 0 Å². The van der Waals surface area contributed by atoms with Gasteiger partial charge in [0.25, 0.3) is 17.5 Å². The van der Waals surface area contributed by atoms with Gasteiger partial charge in [-0.2, -0.15) is 0 Å². The van der Waals surface area contributed by atoms with Crippen LogP contribution in [0.4, 0.5) is 11.4 Å². The lowest BCUT2D eigenvalue weighted by Gasteiger charge is -2.27. The van der Waals surface area contributed by atoms with Crippen molar-refractivity contribution in [1.29, 1.82) is 0 Å². The van der Waals surface area contributed by atoms with Gasteiger partial charge >= 0.3 is 5.97 Å². The number of nitrogens with zero attached hydrogens (tertiary/aromatic N) is 2. The van der Waals surface area contributed by atoms with Crippen LogP contribution in [-0.4, -0.2) is 29.3 Å². The zero-order chi connectivity index (χ0) is 27.8. The normalized spacial score (nSPS) is 14.9. The van der Waals surface area contributed by atoms with E-state index in [9.17, 15) is 24.5 Å². The molecular weight excluding hydrogens is 512 g/mol. The highest BCUT2D eigenvalue weighted by molar-refractivity contribution is 6.36. The molecule has 1 fully saturated rings. The van der Waals surface area contributed by atoms with Crippen LogP contribution in [0.3, 0.4) is 0 Å². The van der Waals surface area contributed by atoms with Gasteiger partial charge in [-0.25, -0.2) is 9.69 Å². The second-order valence-electron chi connectivity index (χ2n) is 9.97. The number of ether oxygens (including phenoxy) is 2. The number of rotatable bonds is 7. The molecule has 9 heteroatoms. The van der Waals surface area contributed by atoms with Gasteiger partial charge in [0, 0.05) is 23.1 Å². The second-order valence-corrected chi connectivity index (χ2v) is 9.97. The molecule has 0 aromatic heterocycles. The van der Waals surface area contributed by atoms with Crippen LogP contribution in [-0.2, 0) is 0 Å². The largest absolute Gasteiger partial charge is 0.493 e. The molecule has 6 rings (SSSR count). The highest BCUT2D eigenvalue weighted by Gasteiger charge is 2.34. The summed E-state index contributed by atoms with van der Waals surface area (Å²) in [5.41, 5.74) is 0.955. The number of benzene rings is 4. The summed E-state index contributed by atoms with van der Waals surface area (Å²) in [6.45, 7) is 0.650. The van der Waals surface area contributed by atoms with Crippen molar-refractivity contribution in [3.05, 3.63) is 106 Å². The number of nitro groups is 1. The first-order chi connectivity index (χ1) is 19.4. The molecule has 9 nitrogen and oxygen atoms in total. The molecule has 40 heavy (non-hydrogen) atoms. The fourth-order valence-corrected chi connectivity index (χ4v) is 5.34. The number of carbonyl (C=O) groups excluding carboxylic acids is 3. The summed E-state index contributed by atoms with van der Waals surface area (Å²) in [6, 6.07) is 20.0. The highest BCUT2D eigenvalue weighted by atomic mass is 16.6. The van der Waals surface area contributed by atoms with Gasteiger partial charge in [-0.15, -0.1) is 0 Å². The Hall–Kier alpha value is -5.05. The summed E-state index contributed by atoms with van der Waals surface area (Å²) in [5.74, 6) is -0.371.